The molecule has 0 spiro atoms. The van der Waals surface area contributed by atoms with Crippen LogP contribution in [0.3, 0.4) is 0 Å². The van der Waals surface area contributed by atoms with E-state index in [4.69, 9.17) is 10.8 Å². The van der Waals surface area contributed by atoms with Crippen LogP contribution >= 0.6 is 11.8 Å². The molecule has 0 saturated heterocycles. The minimum Gasteiger partial charge on any atom is -0.478 e. The smallest absolute Gasteiger partial charge is 0.337 e. The van der Waals surface area contributed by atoms with Gasteiger partial charge in [-0.1, -0.05) is 29.5 Å². The highest BCUT2D eigenvalue weighted by atomic mass is 32.2. The number of nitrogen functional groups attached to an aromatic ring is 1. The van der Waals surface area contributed by atoms with Crippen LogP contribution in [-0.4, -0.2) is 16.1 Å². The van der Waals surface area contributed by atoms with E-state index < -0.39 is 5.97 Å². The van der Waals surface area contributed by atoms with E-state index in [2.05, 4.69) is 4.98 Å². The van der Waals surface area contributed by atoms with E-state index in [1.54, 1.807) is 0 Å². The van der Waals surface area contributed by atoms with Crippen molar-refractivity contribution in [1.82, 2.24) is 4.98 Å². The molecular formula is C13H12N2O2S. The molecule has 0 amide bonds. The average molecular weight is 260 g/mol. The normalized spacial score (nSPS) is 10.3. The van der Waals surface area contributed by atoms with Gasteiger partial charge in [-0.15, -0.1) is 0 Å². The van der Waals surface area contributed by atoms with Gasteiger partial charge in [-0.3, -0.25) is 0 Å². The summed E-state index contributed by atoms with van der Waals surface area (Å²) in [7, 11) is 0. The molecule has 2 aromatic rings. The summed E-state index contributed by atoms with van der Waals surface area (Å²) >= 11 is 1.41. The van der Waals surface area contributed by atoms with Crippen LogP contribution in [0.4, 0.5) is 5.69 Å². The fourth-order valence-electron chi connectivity index (χ4n) is 1.39. The number of aromatic carboxylic acids is 1. The zero-order chi connectivity index (χ0) is 13.1. The number of nitrogens with two attached hydrogens (primary N) is 1. The number of nitrogens with zero attached hydrogens (tertiary/aromatic N) is 1. The number of pyridine rings is 1. The SMILES string of the molecule is Cc1ccc(Sc2ncc(C(=O)O)cc2N)cc1. The molecule has 0 aliphatic heterocycles. The highest BCUT2D eigenvalue weighted by Crippen LogP contribution is 2.30. The molecule has 3 N–H and O–H groups in total. The number of aromatic nitrogens is 1. The van der Waals surface area contributed by atoms with Crippen molar-refractivity contribution >= 4 is 23.4 Å². The molecule has 1 aromatic heterocycles. The lowest BCUT2D eigenvalue weighted by Crippen LogP contribution is -2.00. The van der Waals surface area contributed by atoms with Gasteiger partial charge in [0.05, 0.1) is 11.3 Å². The lowest BCUT2D eigenvalue weighted by atomic mass is 10.2. The van der Waals surface area contributed by atoms with Gasteiger partial charge >= 0.3 is 5.97 Å². The molecule has 0 saturated carbocycles. The van der Waals surface area contributed by atoms with Gasteiger partial charge in [0.25, 0.3) is 0 Å². The first-order valence-corrected chi connectivity index (χ1v) is 6.11. The number of carboxylic acids is 1. The fraction of sp³-hybridized carbons (Fsp3) is 0.0769. The number of rotatable bonds is 3. The second-order valence-electron chi connectivity index (χ2n) is 3.84. The number of anilines is 1. The predicted molar refractivity (Wildman–Crippen MR) is 70.9 cm³/mol. The zero-order valence-corrected chi connectivity index (χ0v) is 10.6. The van der Waals surface area contributed by atoms with Crippen LogP contribution < -0.4 is 5.73 Å². The number of hydrogen-bond acceptors (Lipinski definition) is 4. The van der Waals surface area contributed by atoms with Gasteiger partial charge in [-0.05, 0) is 25.1 Å². The Morgan fingerprint density at radius 3 is 2.56 bits per heavy atom. The van der Waals surface area contributed by atoms with Crippen LogP contribution in [0, 0.1) is 6.92 Å². The summed E-state index contributed by atoms with van der Waals surface area (Å²) in [6.07, 6.45) is 1.31. The Morgan fingerprint density at radius 2 is 2.00 bits per heavy atom. The summed E-state index contributed by atoms with van der Waals surface area (Å²) < 4.78 is 0. The Hall–Kier alpha value is -2.01. The van der Waals surface area contributed by atoms with Gasteiger partial charge in [0.1, 0.15) is 5.03 Å². The molecule has 0 aliphatic rings. The summed E-state index contributed by atoms with van der Waals surface area (Å²) in [5.74, 6) is -1.03. The fourth-order valence-corrected chi connectivity index (χ4v) is 2.17. The molecule has 0 unspecified atom stereocenters. The molecule has 1 heterocycles. The molecule has 92 valence electrons. The van der Waals surface area contributed by atoms with Crippen molar-refractivity contribution in [2.45, 2.75) is 16.8 Å². The quantitative estimate of drug-likeness (QED) is 0.887. The van der Waals surface area contributed by atoms with Crippen molar-refractivity contribution in [3.8, 4) is 0 Å². The van der Waals surface area contributed by atoms with Gasteiger partial charge in [-0.25, -0.2) is 9.78 Å². The Labute approximate surface area is 109 Å². The minimum absolute atomic E-state index is 0.0979. The van der Waals surface area contributed by atoms with E-state index in [0.717, 1.165) is 4.90 Å². The molecule has 1 aromatic carbocycles. The highest BCUT2D eigenvalue weighted by Gasteiger charge is 2.08. The maximum atomic E-state index is 10.8. The summed E-state index contributed by atoms with van der Waals surface area (Å²) in [6, 6.07) is 9.39. The third kappa shape index (κ3) is 2.81. The summed E-state index contributed by atoms with van der Waals surface area (Å²) in [4.78, 5) is 15.8. The van der Waals surface area contributed by atoms with Crippen molar-refractivity contribution < 1.29 is 9.90 Å². The largest absolute Gasteiger partial charge is 0.478 e. The average Bonchev–Trinajstić information content (AvgIpc) is 2.34. The molecule has 0 radical (unpaired) electrons. The van der Waals surface area contributed by atoms with Crippen molar-refractivity contribution in [3.63, 3.8) is 0 Å². The minimum atomic E-state index is -1.03. The van der Waals surface area contributed by atoms with E-state index in [1.807, 2.05) is 31.2 Å². The zero-order valence-electron chi connectivity index (χ0n) is 9.75. The van der Waals surface area contributed by atoms with Crippen LogP contribution in [0.25, 0.3) is 0 Å². The third-order valence-corrected chi connectivity index (χ3v) is 3.40. The first-order valence-electron chi connectivity index (χ1n) is 5.29. The molecule has 0 aliphatic carbocycles. The van der Waals surface area contributed by atoms with Crippen LogP contribution in [0.15, 0.2) is 46.5 Å². The summed E-state index contributed by atoms with van der Waals surface area (Å²) in [6.45, 7) is 2.02. The molecule has 0 fully saturated rings. The number of benzene rings is 1. The monoisotopic (exact) mass is 260 g/mol. The highest BCUT2D eigenvalue weighted by molar-refractivity contribution is 7.99. The molecule has 18 heavy (non-hydrogen) atoms. The standard InChI is InChI=1S/C13H12N2O2S/c1-8-2-4-10(5-3-8)18-12-11(14)6-9(7-15-12)13(16)17/h2-7H,14H2,1H3,(H,16,17). The van der Waals surface area contributed by atoms with E-state index in [9.17, 15) is 4.79 Å². The molecule has 0 bridgehead atoms. The lowest BCUT2D eigenvalue weighted by molar-refractivity contribution is 0.0696. The van der Waals surface area contributed by atoms with Gasteiger partial charge in [-0.2, -0.15) is 0 Å². The maximum Gasteiger partial charge on any atom is 0.337 e. The number of carbonyl (C=O) groups is 1. The Balaban J connectivity index is 2.24. The first-order chi connectivity index (χ1) is 8.56. The Kier molecular flexibility index (Phi) is 3.53. The van der Waals surface area contributed by atoms with Crippen molar-refractivity contribution in [3.05, 3.63) is 47.7 Å². The molecule has 5 heteroatoms. The lowest BCUT2D eigenvalue weighted by Gasteiger charge is -2.05. The molecule has 2 rings (SSSR count). The third-order valence-electron chi connectivity index (χ3n) is 2.36. The van der Waals surface area contributed by atoms with Crippen LogP contribution in [-0.2, 0) is 0 Å². The van der Waals surface area contributed by atoms with Gasteiger partial charge in [0, 0.05) is 11.1 Å². The van der Waals surface area contributed by atoms with Crippen molar-refractivity contribution in [1.29, 1.82) is 0 Å². The molecule has 0 atom stereocenters. The predicted octanol–water partition coefficient (Wildman–Crippen LogP) is 2.82. The Bertz CT molecular complexity index is 582. The van der Waals surface area contributed by atoms with Crippen LogP contribution in [0.5, 0.6) is 0 Å². The van der Waals surface area contributed by atoms with Gasteiger partial charge in [0.15, 0.2) is 0 Å². The number of aryl methyl sites for hydroxylation is 1. The van der Waals surface area contributed by atoms with Gasteiger partial charge < -0.3 is 10.8 Å². The topological polar surface area (TPSA) is 76.2 Å². The van der Waals surface area contributed by atoms with E-state index in [0.29, 0.717) is 10.7 Å². The second kappa shape index (κ2) is 5.10. The number of carboxylic acid groups (broad SMARTS) is 1. The van der Waals surface area contributed by atoms with E-state index in [-0.39, 0.29) is 5.56 Å². The number of hydrogen-bond donors (Lipinski definition) is 2. The van der Waals surface area contributed by atoms with E-state index >= 15 is 0 Å². The maximum absolute atomic E-state index is 10.8. The van der Waals surface area contributed by atoms with Crippen LogP contribution in [0.2, 0.25) is 0 Å². The van der Waals surface area contributed by atoms with Crippen molar-refractivity contribution in [2.75, 3.05) is 5.73 Å². The summed E-state index contributed by atoms with van der Waals surface area (Å²) in [5, 5.41) is 9.43. The van der Waals surface area contributed by atoms with Gasteiger partial charge in [0.2, 0.25) is 0 Å². The van der Waals surface area contributed by atoms with E-state index in [1.165, 1.54) is 29.6 Å². The molecular weight excluding hydrogens is 248 g/mol. The molecule has 4 nitrogen and oxygen atoms in total. The van der Waals surface area contributed by atoms with Crippen molar-refractivity contribution in [2.24, 2.45) is 0 Å². The summed E-state index contributed by atoms with van der Waals surface area (Å²) in [5.41, 5.74) is 7.45. The van der Waals surface area contributed by atoms with Crippen LogP contribution in [0.1, 0.15) is 15.9 Å². The Morgan fingerprint density at radius 1 is 1.33 bits per heavy atom. The second-order valence-corrected chi connectivity index (χ2v) is 4.90. The first kappa shape index (κ1) is 12.4.